The predicted molar refractivity (Wildman–Crippen MR) is 81.0 cm³/mol. The number of hydrogen-bond donors (Lipinski definition) is 2. The van der Waals surface area contributed by atoms with Crippen molar-refractivity contribution in [2.75, 3.05) is 26.5 Å². The second kappa shape index (κ2) is 6.43. The smallest absolute Gasteiger partial charge is 0.141 e. The van der Waals surface area contributed by atoms with Gasteiger partial charge in [-0.3, -0.25) is 0 Å². The van der Waals surface area contributed by atoms with Crippen LogP contribution in [0.4, 0.5) is 5.69 Å². The van der Waals surface area contributed by atoms with Crippen LogP contribution in [0.25, 0.3) is 0 Å². The molecule has 5 nitrogen and oxygen atoms in total. The number of methoxy groups -OCH3 is 1. The molecule has 0 amide bonds. The van der Waals surface area contributed by atoms with E-state index in [1.807, 2.05) is 13.0 Å². The summed E-state index contributed by atoms with van der Waals surface area (Å²) in [5.74, 6) is 0.848. The number of aromatic amines is 1. The Morgan fingerprint density at radius 1 is 1.35 bits per heavy atom. The number of benzene rings is 1. The molecule has 0 saturated carbocycles. The number of aromatic nitrogens is 2. The SMILES string of the molecule is COc1ccc(CN(C)C)cc1NCc1nc[nH]c1C. The summed E-state index contributed by atoms with van der Waals surface area (Å²) in [4.78, 5) is 9.51. The minimum Gasteiger partial charge on any atom is -0.495 e. The molecule has 108 valence electrons. The Labute approximate surface area is 120 Å². The van der Waals surface area contributed by atoms with Gasteiger partial charge >= 0.3 is 0 Å². The summed E-state index contributed by atoms with van der Waals surface area (Å²) in [5, 5.41) is 3.40. The fourth-order valence-corrected chi connectivity index (χ4v) is 2.10. The lowest BCUT2D eigenvalue weighted by atomic mass is 10.1. The van der Waals surface area contributed by atoms with Gasteiger partial charge in [-0.15, -0.1) is 0 Å². The fraction of sp³-hybridized carbons (Fsp3) is 0.400. The van der Waals surface area contributed by atoms with Crippen molar-refractivity contribution in [3.63, 3.8) is 0 Å². The zero-order valence-electron chi connectivity index (χ0n) is 12.5. The highest BCUT2D eigenvalue weighted by atomic mass is 16.5. The highest BCUT2D eigenvalue weighted by Gasteiger charge is 2.07. The molecule has 0 aliphatic rings. The molecular formula is C15H22N4O. The van der Waals surface area contributed by atoms with E-state index in [4.69, 9.17) is 4.74 Å². The van der Waals surface area contributed by atoms with Gasteiger partial charge in [-0.05, 0) is 38.7 Å². The Morgan fingerprint density at radius 2 is 2.15 bits per heavy atom. The zero-order valence-corrected chi connectivity index (χ0v) is 12.5. The third-order valence-electron chi connectivity index (χ3n) is 3.14. The van der Waals surface area contributed by atoms with Crippen molar-refractivity contribution in [2.24, 2.45) is 0 Å². The van der Waals surface area contributed by atoms with Crippen LogP contribution in [0.3, 0.4) is 0 Å². The number of hydrogen-bond acceptors (Lipinski definition) is 4. The van der Waals surface area contributed by atoms with Crippen molar-refractivity contribution in [1.29, 1.82) is 0 Å². The lowest BCUT2D eigenvalue weighted by molar-refractivity contribution is 0.400. The molecule has 0 fully saturated rings. The highest BCUT2D eigenvalue weighted by Crippen LogP contribution is 2.26. The quantitative estimate of drug-likeness (QED) is 0.849. The van der Waals surface area contributed by atoms with Gasteiger partial charge in [0.05, 0.1) is 31.4 Å². The van der Waals surface area contributed by atoms with Gasteiger partial charge < -0.3 is 19.9 Å². The molecule has 0 aliphatic carbocycles. The Balaban J connectivity index is 2.13. The number of ether oxygens (including phenoxy) is 1. The second-order valence-electron chi connectivity index (χ2n) is 5.10. The van der Waals surface area contributed by atoms with E-state index in [1.165, 1.54) is 5.56 Å². The first-order valence-electron chi connectivity index (χ1n) is 6.64. The normalized spacial score (nSPS) is 10.8. The standard InChI is InChI=1S/C15H22N4O/c1-11-14(18-10-17-11)8-16-13-7-12(9-19(2)3)5-6-15(13)20-4/h5-7,10,16H,8-9H2,1-4H3,(H,17,18). The summed E-state index contributed by atoms with van der Waals surface area (Å²) < 4.78 is 5.40. The number of aryl methyl sites for hydroxylation is 1. The van der Waals surface area contributed by atoms with Crippen molar-refractivity contribution in [3.8, 4) is 5.75 Å². The largest absolute Gasteiger partial charge is 0.495 e. The third-order valence-corrected chi connectivity index (χ3v) is 3.14. The molecule has 1 aromatic carbocycles. The molecule has 0 atom stereocenters. The van der Waals surface area contributed by atoms with Gasteiger partial charge in [0.25, 0.3) is 0 Å². The molecule has 2 aromatic rings. The lowest BCUT2D eigenvalue weighted by Gasteiger charge is -2.15. The van der Waals surface area contributed by atoms with Crippen LogP contribution >= 0.6 is 0 Å². The van der Waals surface area contributed by atoms with Crippen molar-refractivity contribution in [1.82, 2.24) is 14.9 Å². The topological polar surface area (TPSA) is 53.2 Å². The monoisotopic (exact) mass is 274 g/mol. The first-order valence-corrected chi connectivity index (χ1v) is 6.64. The van der Waals surface area contributed by atoms with E-state index in [-0.39, 0.29) is 0 Å². The van der Waals surface area contributed by atoms with Crippen molar-refractivity contribution in [3.05, 3.63) is 41.5 Å². The molecule has 20 heavy (non-hydrogen) atoms. The van der Waals surface area contributed by atoms with Crippen LogP contribution in [0.15, 0.2) is 24.5 Å². The van der Waals surface area contributed by atoms with E-state index in [1.54, 1.807) is 13.4 Å². The minimum atomic E-state index is 0.678. The number of nitrogens with zero attached hydrogens (tertiary/aromatic N) is 2. The second-order valence-corrected chi connectivity index (χ2v) is 5.10. The maximum Gasteiger partial charge on any atom is 0.141 e. The Hall–Kier alpha value is -2.01. The van der Waals surface area contributed by atoms with E-state index >= 15 is 0 Å². The van der Waals surface area contributed by atoms with Crippen LogP contribution in [0.2, 0.25) is 0 Å². The van der Waals surface area contributed by atoms with Crippen LogP contribution < -0.4 is 10.1 Å². The molecule has 2 N–H and O–H groups in total. The van der Waals surface area contributed by atoms with Gasteiger partial charge in [-0.25, -0.2) is 4.98 Å². The van der Waals surface area contributed by atoms with Gasteiger partial charge in [-0.2, -0.15) is 0 Å². The van der Waals surface area contributed by atoms with Crippen LogP contribution in [0.1, 0.15) is 17.0 Å². The molecule has 0 spiro atoms. The molecule has 0 aliphatic heterocycles. The third kappa shape index (κ3) is 3.51. The average Bonchev–Trinajstić information content (AvgIpc) is 2.81. The van der Waals surface area contributed by atoms with Crippen molar-refractivity contribution in [2.45, 2.75) is 20.0 Å². The first kappa shape index (κ1) is 14.4. The summed E-state index contributed by atoms with van der Waals surface area (Å²) >= 11 is 0. The maximum atomic E-state index is 5.40. The van der Waals surface area contributed by atoms with E-state index < -0.39 is 0 Å². The molecule has 2 rings (SSSR count). The van der Waals surface area contributed by atoms with E-state index in [0.717, 1.165) is 29.4 Å². The predicted octanol–water partition coefficient (Wildman–Crippen LogP) is 2.40. The fourth-order valence-electron chi connectivity index (χ4n) is 2.10. The molecule has 1 heterocycles. The molecular weight excluding hydrogens is 252 g/mol. The molecule has 5 heteroatoms. The summed E-state index contributed by atoms with van der Waals surface area (Å²) in [7, 11) is 5.81. The Morgan fingerprint density at radius 3 is 2.75 bits per heavy atom. The van der Waals surface area contributed by atoms with E-state index in [2.05, 4.69) is 46.4 Å². The van der Waals surface area contributed by atoms with Crippen LogP contribution in [0, 0.1) is 6.92 Å². The average molecular weight is 274 g/mol. The molecule has 0 unspecified atom stereocenters. The van der Waals surface area contributed by atoms with Crippen LogP contribution in [-0.2, 0) is 13.1 Å². The molecule has 0 bridgehead atoms. The summed E-state index contributed by atoms with van der Waals surface area (Å²) in [5.41, 5.74) is 4.34. The van der Waals surface area contributed by atoms with Crippen LogP contribution in [0.5, 0.6) is 5.75 Å². The number of nitrogens with one attached hydrogen (secondary N) is 2. The van der Waals surface area contributed by atoms with Gasteiger partial charge in [-0.1, -0.05) is 6.07 Å². The zero-order chi connectivity index (χ0) is 14.5. The van der Waals surface area contributed by atoms with Gasteiger partial charge in [0.1, 0.15) is 5.75 Å². The Bertz CT molecular complexity index is 563. The molecule has 1 aromatic heterocycles. The van der Waals surface area contributed by atoms with Gasteiger partial charge in [0.15, 0.2) is 0 Å². The van der Waals surface area contributed by atoms with Crippen LogP contribution in [-0.4, -0.2) is 36.1 Å². The van der Waals surface area contributed by atoms with E-state index in [9.17, 15) is 0 Å². The van der Waals surface area contributed by atoms with E-state index in [0.29, 0.717) is 6.54 Å². The first-order chi connectivity index (χ1) is 9.60. The number of imidazole rings is 1. The van der Waals surface area contributed by atoms with Gasteiger partial charge in [0, 0.05) is 12.2 Å². The molecule has 0 saturated heterocycles. The summed E-state index contributed by atoms with van der Waals surface area (Å²) in [6.45, 7) is 3.60. The summed E-state index contributed by atoms with van der Waals surface area (Å²) in [6, 6.07) is 6.21. The number of H-pyrrole nitrogens is 1. The summed E-state index contributed by atoms with van der Waals surface area (Å²) in [6.07, 6.45) is 1.71. The van der Waals surface area contributed by atoms with Crippen molar-refractivity contribution < 1.29 is 4.74 Å². The van der Waals surface area contributed by atoms with Gasteiger partial charge in [0.2, 0.25) is 0 Å². The molecule has 0 radical (unpaired) electrons. The maximum absolute atomic E-state index is 5.40. The van der Waals surface area contributed by atoms with Crippen molar-refractivity contribution >= 4 is 5.69 Å². The minimum absolute atomic E-state index is 0.678. The number of anilines is 1. The highest BCUT2D eigenvalue weighted by molar-refractivity contribution is 5.58. The Kier molecular flexibility index (Phi) is 4.63. The lowest BCUT2D eigenvalue weighted by Crippen LogP contribution is -2.11. The number of rotatable bonds is 6.